The normalized spacial score (nSPS) is 26.7. The van der Waals surface area contributed by atoms with Gasteiger partial charge in [0.25, 0.3) is 0 Å². The number of rotatable bonds is 0. The van der Waals surface area contributed by atoms with Crippen molar-refractivity contribution in [1.29, 1.82) is 0 Å². The molecule has 0 aromatic heterocycles. The molecule has 0 saturated carbocycles. The molecule has 0 radical (unpaired) electrons. The monoisotopic (exact) mass is 172 g/mol. The summed E-state index contributed by atoms with van der Waals surface area (Å²) in [6, 6.07) is 0. The topological polar surface area (TPSA) is 26.3 Å². The van der Waals surface area contributed by atoms with E-state index in [2.05, 4.69) is 4.18 Å². The van der Waals surface area contributed by atoms with E-state index in [1.165, 1.54) is 0 Å². The highest BCUT2D eigenvalue weighted by atomic mass is 32.2. The molecular weight excluding hydrogens is 169 g/mol. The highest BCUT2D eigenvalue weighted by Gasteiger charge is 2.40. The smallest absolute Gasteiger partial charge is 0.282 e. The van der Waals surface area contributed by atoms with Crippen molar-refractivity contribution in [2.24, 2.45) is 0 Å². The number of hydrogen-bond acceptors (Lipinski definition) is 2. The molecule has 1 atom stereocenters. The van der Waals surface area contributed by atoms with Crippen LogP contribution in [0.1, 0.15) is 0 Å². The Kier molecular flexibility index (Phi) is 1.82. The molecule has 0 aromatic rings. The van der Waals surface area contributed by atoms with Crippen LogP contribution in [-0.4, -0.2) is 17.0 Å². The van der Waals surface area contributed by atoms with E-state index in [1.807, 2.05) is 0 Å². The Morgan fingerprint density at radius 2 is 2.20 bits per heavy atom. The Labute approximate surface area is 57.3 Å². The summed E-state index contributed by atoms with van der Waals surface area (Å²) < 4.78 is 49.5. The first-order chi connectivity index (χ1) is 4.52. The molecular formula is C4H3F3O2S. The third-order valence-electron chi connectivity index (χ3n) is 0.903. The van der Waals surface area contributed by atoms with Crippen LogP contribution < -0.4 is 0 Å². The van der Waals surface area contributed by atoms with Gasteiger partial charge in [-0.15, -0.1) is 0 Å². The first-order valence-corrected chi connectivity index (χ1v) is 3.41. The molecule has 10 heavy (non-hydrogen) atoms. The first kappa shape index (κ1) is 7.74. The molecule has 0 bridgehead atoms. The van der Waals surface area contributed by atoms with Gasteiger partial charge < -0.3 is 0 Å². The van der Waals surface area contributed by atoms with Crippen LogP contribution in [0.3, 0.4) is 0 Å². The fourth-order valence-corrected chi connectivity index (χ4v) is 1.22. The Morgan fingerprint density at radius 3 is 2.40 bits per heavy atom. The van der Waals surface area contributed by atoms with Crippen LogP contribution in [0.5, 0.6) is 0 Å². The maximum absolute atomic E-state index is 11.7. The molecule has 6 heteroatoms. The van der Waals surface area contributed by atoms with Gasteiger partial charge in [0.2, 0.25) is 0 Å². The predicted molar refractivity (Wildman–Crippen MR) is 28.2 cm³/mol. The van der Waals surface area contributed by atoms with E-state index in [4.69, 9.17) is 0 Å². The summed E-state index contributed by atoms with van der Waals surface area (Å²) in [4.78, 5) is -1.09. The highest BCUT2D eigenvalue weighted by Crippen LogP contribution is 2.31. The Balaban J connectivity index is 2.82. The van der Waals surface area contributed by atoms with Gasteiger partial charge in [-0.1, -0.05) is 0 Å². The van der Waals surface area contributed by atoms with Gasteiger partial charge in [-0.3, -0.25) is 4.18 Å². The summed E-state index contributed by atoms with van der Waals surface area (Å²) in [5, 5.41) is 0. The van der Waals surface area contributed by atoms with Crippen LogP contribution in [0.15, 0.2) is 11.0 Å². The van der Waals surface area contributed by atoms with Crippen molar-refractivity contribution < 1.29 is 21.6 Å². The number of hydrogen-bond donors (Lipinski definition) is 0. The summed E-state index contributed by atoms with van der Waals surface area (Å²) in [6.45, 7) is -0.221. The quantitative estimate of drug-likeness (QED) is 0.547. The van der Waals surface area contributed by atoms with Crippen LogP contribution in [0.25, 0.3) is 0 Å². The second-order valence-corrected chi connectivity index (χ2v) is 2.73. The summed E-state index contributed by atoms with van der Waals surface area (Å²) in [7, 11) is 0. The van der Waals surface area contributed by atoms with Crippen molar-refractivity contribution in [2.45, 2.75) is 6.18 Å². The summed E-state index contributed by atoms with van der Waals surface area (Å²) in [5.41, 5.74) is 0. The lowest BCUT2D eigenvalue weighted by atomic mass is 10.5. The van der Waals surface area contributed by atoms with Gasteiger partial charge in [-0.05, 0) is 6.08 Å². The Hall–Kier alpha value is -0.360. The molecule has 0 N–H and O–H groups in total. The summed E-state index contributed by atoms with van der Waals surface area (Å²) in [5.74, 6) is 0. The first-order valence-electron chi connectivity index (χ1n) is 2.34. The van der Waals surface area contributed by atoms with Crippen LogP contribution in [-0.2, 0) is 15.3 Å². The fourth-order valence-electron chi connectivity index (χ4n) is 0.513. The third-order valence-corrected chi connectivity index (χ3v) is 2.01. The zero-order chi connectivity index (χ0) is 7.78. The SMILES string of the molecule is O=S1OCC=C1C(F)(F)F. The lowest BCUT2D eigenvalue weighted by molar-refractivity contribution is -0.0840. The highest BCUT2D eigenvalue weighted by molar-refractivity contribution is 7.84. The minimum absolute atomic E-state index is 0.221. The molecule has 58 valence electrons. The van der Waals surface area contributed by atoms with Gasteiger partial charge in [0, 0.05) is 0 Å². The standard InChI is InChI=1S/C4H3F3O2S/c5-4(6,7)3-1-2-9-10(3)8/h1H,2H2. The van der Waals surface area contributed by atoms with Gasteiger partial charge in [-0.25, -0.2) is 4.21 Å². The molecule has 0 saturated heterocycles. The van der Waals surface area contributed by atoms with E-state index in [0.717, 1.165) is 6.08 Å². The summed E-state index contributed by atoms with van der Waals surface area (Å²) in [6.07, 6.45) is -3.74. The van der Waals surface area contributed by atoms with Crippen molar-refractivity contribution in [1.82, 2.24) is 0 Å². The van der Waals surface area contributed by atoms with Crippen LogP contribution in [0.4, 0.5) is 13.2 Å². The van der Waals surface area contributed by atoms with E-state index in [1.54, 1.807) is 0 Å². The molecule has 0 fully saturated rings. The van der Waals surface area contributed by atoms with E-state index < -0.39 is 22.2 Å². The maximum atomic E-state index is 11.7. The second kappa shape index (κ2) is 2.35. The number of halogens is 3. The largest absolute Gasteiger partial charge is 0.426 e. The third kappa shape index (κ3) is 1.38. The average molecular weight is 172 g/mol. The minimum Gasteiger partial charge on any atom is -0.282 e. The molecule has 1 aliphatic heterocycles. The number of alkyl halides is 3. The molecule has 1 heterocycles. The minimum atomic E-state index is -4.51. The number of allylic oxidation sites excluding steroid dienone is 1. The average Bonchev–Trinajstić information content (AvgIpc) is 2.11. The summed E-state index contributed by atoms with van der Waals surface area (Å²) >= 11 is -2.29. The van der Waals surface area contributed by atoms with Crippen molar-refractivity contribution >= 4 is 11.1 Å². The molecule has 1 aliphatic rings. The molecule has 1 rings (SSSR count). The molecule has 0 aliphatic carbocycles. The van der Waals surface area contributed by atoms with Crippen molar-refractivity contribution in [2.75, 3.05) is 6.61 Å². The predicted octanol–water partition coefficient (Wildman–Crippen LogP) is 1.13. The Bertz CT molecular complexity index is 195. The van der Waals surface area contributed by atoms with Gasteiger partial charge >= 0.3 is 6.18 Å². The van der Waals surface area contributed by atoms with Crippen molar-refractivity contribution in [3.63, 3.8) is 0 Å². The van der Waals surface area contributed by atoms with Crippen LogP contribution >= 0.6 is 0 Å². The van der Waals surface area contributed by atoms with E-state index in [0.29, 0.717) is 0 Å². The molecule has 1 unspecified atom stereocenters. The van der Waals surface area contributed by atoms with Gasteiger partial charge in [-0.2, -0.15) is 13.2 Å². The molecule has 2 nitrogen and oxygen atoms in total. The van der Waals surface area contributed by atoms with Gasteiger partial charge in [0.1, 0.15) is 4.91 Å². The maximum Gasteiger partial charge on any atom is 0.426 e. The molecule has 0 spiro atoms. The fraction of sp³-hybridized carbons (Fsp3) is 0.500. The molecule has 0 aromatic carbocycles. The van der Waals surface area contributed by atoms with Crippen LogP contribution in [0.2, 0.25) is 0 Å². The zero-order valence-corrected chi connectivity index (χ0v) is 5.46. The van der Waals surface area contributed by atoms with Gasteiger partial charge in [0.15, 0.2) is 11.1 Å². The lowest BCUT2D eigenvalue weighted by Crippen LogP contribution is -2.13. The van der Waals surface area contributed by atoms with E-state index >= 15 is 0 Å². The van der Waals surface area contributed by atoms with Crippen LogP contribution in [0, 0.1) is 0 Å². The van der Waals surface area contributed by atoms with E-state index in [-0.39, 0.29) is 6.61 Å². The van der Waals surface area contributed by atoms with E-state index in [9.17, 15) is 17.4 Å². The van der Waals surface area contributed by atoms with Crippen molar-refractivity contribution in [3.05, 3.63) is 11.0 Å². The zero-order valence-electron chi connectivity index (χ0n) is 4.64. The second-order valence-electron chi connectivity index (χ2n) is 1.59. The lowest BCUT2D eigenvalue weighted by Gasteiger charge is -2.03. The van der Waals surface area contributed by atoms with Gasteiger partial charge in [0.05, 0.1) is 6.61 Å². The molecule has 0 amide bonds. The van der Waals surface area contributed by atoms with Crippen molar-refractivity contribution in [3.8, 4) is 0 Å². The Morgan fingerprint density at radius 1 is 1.60 bits per heavy atom.